The van der Waals surface area contributed by atoms with Crippen molar-refractivity contribution in [3.05, 3.63) is 62.5 Å². The van der Waals surface area contributed by atoms with Gasteiger partial charge in [-0.15, -0.1) is 11.3 Å². The smallest absolute Gasteiger partial charge is 0.348 e. The summed E-state index contributed by atoms with van der Waals surface area (Å²) in [6.07, 6.45) is 0. The summed E-state index contributed by atoms with van der Waals surface area (Å²) in [5.74, 6) is 0.108. The normalized spacial score (nSPS) is 11.3. The first-order chi connectivity index (χ1) is 13.5. The number of benzene rings is 1. The molecule has 0 saturated heterocycles. The highest BCUT2D eigenvalue weighted by Crippen LogP contribution is 2.27. The minimum Gasteiger partial charge on any atom is -0.459 e. The minimum atomic E-state index is -0.459. The highest BCUT2D eigenvalue weighted by Gasteiger charge is 2.20. The summed E-state index contributed by atoms with van der Waals surface area (Å²) < 4.78 is 10.1. The predicted octanol–water partition coefficient (Wildman–Crippen LogP) is 2.73. The third-order valence-corrected chi connectivity index (χ3v) is 5.44. The van der Waals surface area contributed by atoms with Crippen LogP contribution in [0.1, 0.15) is 26.6 Å². The molecule has 0 unspecified atom stereocenters. The molecule has 0 bridgehead atoms. The zero-order valence-electron chi connectivity index (χ0n) is 16.2. The molecule has 0 spiro atoms. The molecule has 1 aromatic carbocycles. The number of hydrogen-bond acceptors (Lipinski definition) is 7. The number of ether oxygens (including phenoxy) is 2. The second-order valence-corrected chi connectivity index (χ2v) is 7.53. The van der Waals surface area contributed by atoms with Crippen molar-refractivity contribution in [3.8, 4) is 0 Å². The Morgan fingerprint density at radius 2 is 1.96 bits per heavy atom. The number of nitrogens with one attached hydrogen (secondary N) is 1. The molecule has 3 aromatic rings. The van der Waals surface area contributed by atoms with E-state index in [1.54, 1.807) is 14.0 Å². The zero-order chi connectivity index (χ0) is 20.1. The lowest BCUT2D eigenvalue weighted by molar-refractivity contribution is 0.0393. The highest BCUT2D eigenvalue weighted by atomic mass is 32.1. The number of thiophene rings is 1. The molecule has 0 aliphatic rings. The fourth-order valence-corrected chi connectivity index (χ4v) is 4.04. The Labute approximate surface area is 166 Å². The van der Waals surface area contributed by atoms with Gasteiger partial charge in [-0.1, -0.05) is 30.3 Å². The maximum absolute atomic E-state index is 12.6. The monoisotopic (exact) mass is 401 g/mol. The van der Waals surface area contributed by atoms with Gasteiger partial charge in [-0.2, -0.15) is 0 Å². The summed E-state index contributed by atoms with van der Waals surface area (Å²) in [4.78, 5) is 35.3. The Hall–Kier alpha value is -2.55. The van der Waals surface area contributed by atoms with Crippen LogP contribution in [0.2, 0.25) is 0 Å². The van der Waals surface area contributed by atoms with E-state index in [-0.39, 0.29) is 12.2 Å². The molecule has 2 heterocycles. The van der Waals surface area contributed by atoms with Gasteiger partial charge < -0.3 is 14.5 Å². The number of carbonyl (C=O) groups excluding carboxylic acids is 1. The van der Waals surface area contributed by atoms with E-state index in [2.05, 4.69) is 27.0 Å². The number of fused-ring (bicyclic) bond motifs is 1. The number of aromatic nitrogens is 2. The summed E-state index contributed by atoms with van der Waals surface area (Å²) in [5.41, 5.74) is 1.54. The van der Waals surface area contributed by atoms with Gasteiger partial charge in [0.25, 0.3) is 5.56 Å². The second kappa shape index (κ2) is 9.09. The van der Waals surface area contributed by atoms with Gasteiger partial charge in [-0.3, -0.25) is 9.69 Å². The van der Waals surface area contributed by atoms with Crippen LogP contribution in [0.25, 0.3) is 10.2 Å². The summed E-state index contributed by atoms with van der Waals surface area (Å²) >= 11 is 1.18. The molecule has 2 aromatic heterocycles. The first kappa shape index (κ1) is 20.2. The van der Waals surface area contributed by atoms with Crippen molar-refractivity contribution in [1.29, 1.82) is 0 Å². The van der Waals surface area contributed by atoms with Crippen molar-refractivity contribution in [3.63, 3.8) is 0 Å². The second-order valence-electron chi connectivity index (χ2n) is 6.54. The van der Waals surface area contributed by atoms with Crippen molar-refractivity contribution in [2.24, 2.45) is 0 Å². The molecule has 1 N–H and O–H groups in total. The van der Waals surface area contributed by atoms with Crippen LogP contribution in [0.5, 0.6) is 0 Å². The summed E-state index contributed by atoms with van der Waals surface area (Å²) in [7, 11) is 3.51. The van der Waals surface area contributed by atoms with E-state index >= 15 is 0 Å². The van der Waals surface area contributed by atoms with E-state index < -0.39 is 5.97 Å². The number of hydrogen-bond donors (Lipinski definition) is 1. The molecule has 0 radical (unpaired) electrons. The van der Waals surface area contributed by atoms with Gasteiger partial charge in [0, 0.05) is 13.7 Å². The first-order valence-electron chi connectivity index (χ1n) is 8.90. The van der Waals surface area contributed by atoms with E-state index in [1.165, 1.54) is 16.9 Å². The zero-order valence-corrected chi connectivity index (χ0v) is 17.0. The largest absolute Gasteiger partial charge is 0.459 e. The summed E-state index contributed by atoms with van der Waals surface area (Å²) in [6, 6.07) is 10.1. The third kappa shape index (κ3) is 4.64. The van der Waals surface area contributed by atoms with E-state index in [0.717, 1.165) is 6.54 Å². The lowest BCUT2D eigenvalue weighted by Gasteiger charge is -2.15. The average Bonchev–Trinajstić information content (AvgIpc) is 2.99. The van der Waals surface area contributed by atoms with Crippen LogP contribution < -0.4 is 5.56 Å². The number of methoxy groups -OCH3 is 1. The van der Waals surface area contributed by atoms with Gasteiger partial charge in [-0.25, -0.2) is 9.78 Å². The van der Waals surface area contributed by atoms with Crippen molar-refractivity contribution in [2.45, 2.75) is 20.0 Å². The fraction of sp³-hybridized carbons (Fsp3) is 0.350. The maximum Gasteiger partial charge on any atom is 0.348 e. The van der Waals surface area contributed by atoms with Crippen LogP contribution in [0.15, 0.2) is 35.1 Å². The Morgan fingerprint density at radius 3 is 2.68 bits per heavy atom. The molecular weight excluding hydrogens is 378 g/mol. The standard InChI is InChI=1S/C20H23N3O4S/c1-13-16-18(24)21-15(12-23(2)11-14-7-5-4-6-8-14)22-19(16)28-17(13)20(25)27-10-9-26-3/h4-8H,9-12H2,1-3H3,(H,21,22,24). The van der Waals surface area contributed by atoms with E-state index in [1.807, 2.05) is 25.2 Å². The molecule has 0 aliphatic carbocycles. The Morgan fingerprint density at radius 1 is 1.21 bits per heavy atom. The number of esters is 1. The SMILES string of the molecule is COCCOC(=O)c1sc2nc(CN(C)Cc3ccccc3)[nH]c(=O)c2c1C. The predicted molar refractivity (Wildman–Crippen MR) is 109 cm³/mol. The van der Waals surface area contributed by atoms with Crippen LogP contribution in [0.4, 0.5) is 0 Å². The van der Waals surface area contributed by atoms with E-state index in [4.69, 9.17) is 9.47 Å². The Kier molecular flexibility index (Phi) is 6.56. The van der Waals surface area contributed by atoms with Crippen LogP contribution in [0, 0.1) is 6.92 Å². The molecule has 0 amide bonds. The van der Waals surface area contributed by atoms with Crippen molar-refractivity contribution >= 4 is 27.5 Å². The number of nitrogens with zero attached hydrogens (tertiary/aromatic N) is 2. The summed E-state index contributed by atoms with van der Waals surface area (Å²) in [5, 5.41) is 0.443. The lowest BCUT2D eigenvalue weighted by atomic mass is 10.2. The number of H-pyrrole nitrogens is 1. The number of aromatic amines is 1. The molecule has 0 atom stereocenters. The quantitative estimate of drug-likeness (QED) is 0.462. The Balaban J connectivity index is 1.80. The molecule has 28 heavy (non-hydrogen) atoms. The summed E-state index contributed by atoms with van der Waals surface area (Å²) in [6.45, 7) is 3.46. The van der Waals surface area contributed by atoms with Gasteiger partial charge in [0.2, 0.25) is 0 Å². The molecule has 0 aliphatic heterocycles. The van der Waals surface area contributed by atoms with E-state index in [9.17, 15) is 9.59 Å². The van der Waals surface area contributed by atoms with Crippen molar-refractivity contribution in [2.75, 3.05) is 27.4 Å². The van der Waals surface area contributed by atoms with Crippen LogP contribution in [-0.4, -0.2) is 48.2 Å². The molecule has 0 saturated carbocycles. The van der Waals surface area contributed by atoms with Crippen LogP contribution >= 0.6 is 11.3 Å². The van der Waals surface area contributed by atoms with Crippen molar-refractivity contribution in [1.82, 2.24) is 14.9 Å². The highest BCUT2D eigenvalue weighted by molar-refractivity contribution is 7.20. The molecule has 0 fully saturated rings. The van der Waals surface area contributed by atoms with Crippen LogP contribution in [-0.2, 0) is 22.6 Å². The third-order valence-electron chi connectivity index (χ3n) is 4.27. The van der Waals surface area contributed by atoms with Crippen LogP contribution in [0.3, 0.4) is 0 Å². The first-order valence-corrected chi connectivity index (χ1v) is 9.72. The van der Waals surface area contributed by atoms with Gasteiger partial charge in [0.15, 0.2) is 0 Å². The Bertz CT molecular complexity index is 1010. The fourth-order valence-electron chi connectivity index (χ4n) is 2.95. The minimum absolute atomic E-state index is 0.169. The number of carbonyl (C=O) groups is 1. The van der Waals surface area contributed by atoms with E-state index in [0.29, 0.717) is 39.6 Å². The molecule has 8 heteroatoms. The lowest BCUT2D eigenvalue weighted by Crippen LogP contribution is -2.21. The van der Waals surface area contributed by atoms with Gasteiger partial charge >= 0.3 is 5.97 Å². The molecule has 148 valence electrons. The topological polar surface area (TPSA) is 84.5 Å². The number of rotatable bonds is 8. The number of aryl methyl sites for hydroxylation is 1. The van der Waals surface area contributed by atoms with Gasteiger partial charge in [0.05, 0.1) is 18.5 Å². The van der Waals surface area contributed by atoms with Gasteiger partial charge in [0.1, 0.15) is 22.1 Å². The maximum atomic E-state index is 12.6. The van der Waals surface area contributed by atoms with Crippen molar-refractivity contribution < 1.29 is 14.3 Å². The molecule has 3 rings (SSSR count). The molecule has 7 nitrogen and oxygen atoms in total. The average molecular weight is 401 g/mol. The molecular formula is C20H23N3O4S. The van der Waals surface area contributed by atoms with Gasteiger partial charge in [-0.05, 0) is 25.1 Å².